The van der Waals surface area contributed by atoms with Crippen molar-refractivity contribution < 1.29 is 0 Å². The molecule has 0 aliphatic carbocycles. The van der Waals surface area contributed by atoms with Gasteiger partial charge in [0.1, 0.15) is 0 Å². The highest BCUT2D eigenvalue weighted by Gasteiger charge is 2.20. The predicted molar refractivity (Wildman–Crippen MR) is 205 cm³/mol. The molecule has 11 rings (SSSR count). The molecule has 0 fully saturated rings. The molecule has 0 aliphatic rings. The van der Waals surface area contributed by atoms with Gasteiger partial charge in [-0.25, -0.2) is 9.97 Å². The third-order valence-electron chi connectivity index (χ3n) is 9.98. The first-order valence-corrected chi connectivity index (χ1v) is 17.1. The Morgan fingerprint density at radius 1 is 0.417 bits per heavy atom. The van der Waals surface area contributed by atoms with Crippen molar-refractivity contribution in [1.29, 1.82) is 0 Å². The largest absolute Gasteiger partial charge is 0.278 e. The van der Waals surface area contributed by atoms with Crippen LogP contribution < -0.4 is 0 Å². The number of aromatic nitrogens is 3. The Bertz CT molecular complexity index is 3130. The van der Waals surface area contributed by atoms with Gasteiger partial charge in [0, 0.05) is 41.9 Å². The van der Waals surface area contributed by atoms with Crippen LogP contribution in [0.5, 0.6) is 0 Å². The molecule has 0 spiro atoms. The van der Waals surface area contributed by atoms with Crippen LogP contribution in [0.25, 0.3) is 102 Å². The summed E-state index contributed by atoms with van der Waals surface area (Å²) in [7, 11) is 0. The lowest BCUT2D eigenvalue weighted by Gasteiger charge is -2.12. The molecule has 222 valence electrons. The van der Waals surface area contributed by atoms with E-state index in [1.807, 2.05) is 11.3 Å². The maximum atomic E-state index is 5.40. The average Bonchev–Trinajstić information content (AvgIpc) is 3.69. The zero-order chi connectivity index (χ0) is 31.3. The molecule has 0 bridgehead atoms. The van der Waals surface area contributed by atoms with E-state index >= 15 is 0 Å². The van der Waals surface area contributed by atoms with Gasteiger partial charge in [-0.05, 0) is 62.6 Å². The Morgan fingerprint density at radius 2 is 1.08 bits per heavy atom. The second kappa shape index (κ2) is 9.71. The van der Waals surface area contributed by atoms with E-state index < -0.39 is 0 Å². The van der Waals surface area contributed by atoms with Crippen molar-refractivity contribution in [3.05, 3.63) is 152 Å². The van der Waals surface area contributed by atoms with Crippen LogP contribution in [-0.4, -0.2) is 14.5 Å². The Morgan fingerprint density at radius 3 is 2.02 bits per heavy atom. The van der Waals surface area contributed by atoms with Gasteiger partial charge >= 0.3 is 0 Å². The van der Waals surface area contributed by atoms with Crippen molar-refractivity contribution in [2.24, 2.45) is 0 Å². The molecular formula is C44H25N3S. The van der Waals surface area contributed by atoms with Crippen molar-refractivity contribution in [3.63, 3.8) is 0 Å². The quantitative estimate of drug-likeness (QED) is 0.179. The van der Waals surface area contributed by atoms with Crippen LogP contribution in [0.15, 0.2) is 152 Å². The first kappa shape index (κ1) is 26.0. The highest BCUT2D eigenvalue weighted by Crippen LogP contribution is 2.42. The summed E-state index contributed by atoms with van der Waals surface area (Å²) >= 11 is 1.84. The van der Waals surface area contributed by atoms with Gasteiger partial charge in [0.25, 0.3) is 0 Å². The minimum absolute atomic E-state index is 0.678. The SMILES string of the molecule is c1ccc2c(c1)ccc1ccc3c(ccc4c3c3ccccc3n4-c3nc(-c4ccc5c(c4)sc4ccccc45)c4ccccc4n3)c12. The first-order chi connectivity index (χ1) is 23.8. The number of hydrogen-bond acceptors (Lipinski definition) is 3. The van der Waals surface area contributed by atoms with Crippen molar-refractivity contribution >= 4 is 96.5 Å². The summed E-state index contributed by atoms with van der Waals surface area (Å²) in [6, 6.07) is 54.7. The minimum atomic E-state index is 0.678. The van der Waals surface area contributed by atoms with E-state index in [0.29, 0.717) is 5.95 Å². The summed E-state index contributed by atoms with van der Waals surface area (Å²) in [5, 5.41) is 13.6. The highest BCUT2D eigenvalue weighted by molar-refractivity contribution is 7.25. The van der Waals surface area contributed by atoms with E-state index in [4.69, 9.17) is 9.97 Å². The Balaban J connectivity index is 1.22. The first-order valence-electron chi connectivity index (χ1n) is 16.3. The fraction of sp³-hybridized carbons (Fsp3) is 0. The summed E-state index contributed by atoms with van der Waals surface area (Å²) in [6.07, 6.45) is 0. The smallest absolute Gasteiger partial charge is 0.235 e. The van der Waals surface area contributed by atoms with Gasteiger partial charge in [0.05, 0.1) is 22.2 Å². The molecule has 11 aromatic rings. The molecule has 0 N–H and O–H groups in total. The van der Waals surface area contributed by atoms with Gasteiger partial charge in [-0.1, -0.05) is 121 Å². The molecule has 48 heavy (non-hydrogen) atoms. The molecule has 4 heteroatoms. The van der Waals surface area contributed by atoms with Gasteiger partial charge < -0.3 is 0 Å². The number of benzene rings is 8. The maximum absolute atomic E-state index is 5.40. The lowest BCUT2D eigenvalue weighted by Crippen LogP contribution is -2.03. The monoisotopic (exact) mass is 627 g/mol. The molecule has 0 saturated heterocycles. The van der Waals surface area contributed by atoms with Crippen LogP contribution >= 0.6 is 11.3 Å². The Kier molecular flexibility index (Phi) is 5.26. The third kappa shape index (κ3) is 3.58. The third-order valence-corrected chi connectivity index (χ3v) is 11.1. The molecule has 0 atom stereocenters. The van der Waals surface area contributed by atoms with Gasteiger partial charge in [0.2, 0.25) is 5.95 Å². The van der Waals surface area contributed by atoms with E-state index in [1.165, 1.54) is 63.3 Å². The number of rotatable bonds is 2. The number of nitrogens with zero attached hydrogens (tertiary/aromatic N) is 3. The molecule has 0 aliphatic heterocycles. The zero-order valence-electron chi connectivity index (χ0n) is 25.7. The van der Waals surface area contributed by atoms with Crippen LogP contribution in [0.4, 0.5) is 0 Å². The van der Waals surface area contributed by atoms with E-state index in [-0.39, 0.29) is 0 Å². The van der Waals surface area contributed by atoms with Crippen LogP contribution in [0.1, 0.15) is 0 Å². The van der Waals surface area contributed by atoms with Crippen LogP contribution in [0.2, 0.25) is 0 Å². The molecular weight excluding hydrogens is 603 g/mol. The molecule has 0 unspecified atom stereocenters. The molecule has 3 aromatic heterocycles. The summed E-state index contributed by atoms with van der Waals surface area (Å²) in [6.45, 7) is 0. The normalized spacial score (nSPS) is 12.2. The number of hydrogen-bond donors (Lipinski definition) is 0. The summed E-state index contributed by atoms with van der Waals surface area (Å²) in [5.41, 5.74) is 5.17. The lowest BCUT2D eigenvalue weighted by atomic mass is 9.94. The van der Waals surface area contributed by atoms with Crippen LogP contribution in [0, 0.1) is 0 Å². The molecule has 0 amide bonds. The lowest BCUT2D eigenvalue weighted by molar-refractivity contribution is 1.01. The maximum Gasteiger partial charge on any atom is 0.235 e. The number of thiophene rings is 1. The van der Waals surface area contributed by atoms with Gasteiger partial charge in [-0.3, -0.25) is 4.57 Å². The van der Waals surface area contributed by atoms with E-state index in [2.05, 4.69) is 156 Å². The summed E-state index contributed by atoms with van der Waals surface area (Å²) in [5.74, 6) is 0.678. The van der Waals surface area contributed by atoms with Crippen LogP contribution in [0.3, 0.4) is 0 Å². The highest BCUT2D eigenvalue weighted by atomic mass is 32.1. The van der Waals surface area contributed by atoms with Gasteiger partial charge in [0.15, 0.2) is 0 Å². The fourth-order valence-corrected chi connectivity index (χ4v) is 9.00. The minimum Gasteiger partial charge on any atom is -0.278 e. The summed E-state index contributed by atoms with van der Waals surface area (Å²) < 4.78 is 4.82. The van der Waals surface area contributed by atoms with Crippen molar-refractivity contribution in [2.45, 2.75) is 0 Å². The standard InChI is InChI=1S/C44H25N3S/c1-2-10-29-26(9-1)17-18-27-19-22-33-32(41(27)29)23-24-38-42(33)35-13-4-7-15-37(35)47(38)44-45-36-14-6-3-12-34(36)43(46-44)28-20-21-31-30-11-5-8-16-39(30)48-40(31)25-28/h1-25H. The molecule has 8 aromatic carbocycles. The zero-order valence-corrected chi connectivity index (χ0v) is 26.5. The van der Waals surface area contributed by atoms with E-state index in [1.54, 1.807) is 0 Å². The number of fused-ring (bicyclic) bond motifs is 13. The van der Waals surface area contributed by atoms with E-state index in [0.717, 1.165) is 33.2 Å². The predicted octanol–water partition coefficient (Wildman–Crippen LogP) is 12.2. The second-order valence-electron chi connectivity index (χ2n) is 12.6. The van der Waals surface area contributed by atoms with Gasteiger partial charge in [-0.15, -0.1) is 11.3 Å². The van der Waals surface area contributed by atoms with E-state index in [9.17, 15) is 0 Å². The number of para-hydroxylation sites is 2. The average molecular weight is 628 g/mol. The van der Waals surface area contributed by atoms with Crippen molar-refractivity contribution in [3.8, 4) is 17.2 Å². The fourth-order valence-electron chi connectivity index (χ4n) is 7.85. The van der Waals surface area contributed by atoms with Crippen molar-refractivity contribution in [1.82, 2.24) is 14.5 Å². The van der Waals surface area contributed by atoms with Crippen LogP contribution in [-0.2, 0) is 0 Å². The summed E-state index contributed by atoms with van der Waals surface area (Å²) in [4.78, 5) is 10.6. The molecule has 0 radical (unpaired) electrons. The second-order valence-corrected chi connectivity index (χ2v) is 13.6. The van der Waals surface area contributed by atoms with Gasteiger partial charge in [-0.2, -0.15) is 0 Å². The molecule has 0 saturated carbocycles. The molecule has 3 heterocycles. The Hall–Kier alpha value is -6.10. The Labute approximate surface area is 278 Å². The topological polar surface area (TPSA) is 30.7 Å². The molecule has 3 nitrogen and oxygen atoms in total. The van der Waals surface area contributed by atoms with Crippen molar-refractivity contribution in [2.75, 3.05) is 0 Å².